The van der Waals surface area contributed by atoms with Crippen molar-refractivity contribution in [3.63, 3.8) is 0 Å². The van der Waals surface area contributed by atoms with Gasteiger partial charge < -0.3 is 15.8 Å². The van der Waals surface area contributed by atoms with Crippen LogP contribution in [0.5, 0.6) is 5.75 Å². The van der Waals surface area contributed by atoms with Crippen LogP contribution >= 0.6 is 11.6 Å². The summed E-state index contributed by atoms with van der Waals surface area (Å²) in [6, 6.07) is 21.2. The molecule has 0 saturated carbocycles. The van der Waals surface area contributed by atoms with Crippen LogP contribution in [0.3, 0.4) is 0 Å². The number of anilines is 3. The predicted molar refractivity (Wildman–Crippen MR) is 118 cm³/mol. The fraction of sp³-hybridized carbons (Fsp3) is 0. The number of amides is 2. The number of imide groups is 1. The van der Waals surface area contributed by atoms with Gasteiger partial charge in [0, 0.05) is 11.4 Å². The molecule has 0 bridgehead atoms. The third-order valence-corrected chi connectivity index (χ3v) is 4.87. The van der Waals surface area contributed by atoms with Crippen molar-refractivity contribution in [2.75, 3.05) is 16.0 Å². The molecule has 0 fully saturated rings. The van der Waals surface area contributed by atoms with Crippen LogP contribution in [0.15, 0.2) is 89.6 Å². The number of nitrogen functional groups attached to an aromatic ring is 1. The summed E-state index contributed by atoms with van der Waals surface area (Å²) in [6.07, 6.45) is 0. The van der Waals surface area contributed by atoms with Gasteiger partial charge >= 0.3 is 5.97 Å². The second-order valence-corrected chi connectivity index (χ2v) is 7.01. The summed E-state index contributed by atoms with van der Waals surface area (Å²) in [5, 5.41) is 2.65. The maximum absolute atomic E-state index is 12.8. The van der Waals surface area contributed by atoms with Crippen molar-refractivity contribution < 1.29 is 19.1 Å². The monoisotopic (exact) mass is 433 g/mol. The zero-order valence-corrected chi connectivity index (χ0v) is 16.8. The molecule has 1 aliphatic heterocycles. The molecule has 1 aliphatic rings. The van der Waals surface area contributed by atoms with E-state index in [2.05, 4.69) is 5.32 Å². The number of rotatable bonds is 5. The highest BCUT2D eigenvalue weighted by atomic mass is 35.5. The summed E-state index contributed by atoms with van der Waals surface area (Å²) in [5.41, 5.74) is 7.35. The Labute approximate surface area is 182 Å². The van der Waals surface area contributed by atoms with Gasteiger partial charge in [0.15, 0.2) is 0 Å². The van der Waals surface area contributed by atoms with Crippen molar-refractivity contribution in [2.45, 2.75) is 0 Å². The van der Waals surface area contributed by atoms with E-state index in [4.69, 9.17) is 22.1 Å². The first-order valence-corrected chi connectivity index (χ1v) is 9.60. The van der Waals surface area contributed by atoms with E-state index in [-0.39, 0.29) is 10.7 Å². The number of halogens is 1. The van der Waals surface area contributed by atoms with E-state index in [9.17, 15) is 14.4 Å². The number of esters is 1. The molecule has 1 heterocycles. The molecule has 0 atom stereocenters. The molecule has 3 aromatic carbocycles. The number of nitrogens with zero attached hydrogens (tertiary/aromatic N) is 1. The first-order valence-electron chi connectivity index (χ1n) is 9.22. The topological polar surface area (TPSA) is 102 Å². The van der Waals surface area contributed by atoms with Crippen LogP contribution in [0, 0.1) is 0 Å². The molecule has 0 unspecified atom stereocenters. The molecule has 31 heavy (non-hydrogen) atoms. The molecule has 0 saturated heterocycles. The summed E-state index contributed by atoms with van der Waals surface area (Å²) in [7, 11) is 0. The Balaban J connectivity index is 1.47. The van der Waals surface area contributed by atoms with Crippen LogP contribution < -0.4 is 20.7 Å². The zero-order valence-electron chi connectivity index (χ0n) is 16.0. The van der Waals surface area contributed by atoms with Gasteiger partial charge in [-0.15, -0.1) is 0 Å². The second kappa shape index (κ2) is 8.33. The van der Waals surface area contributed by atoms with E-state index in [1.807, 2.05) is 0 Å². The standard InChI is InChI=1S/C23H16ClN3O4/c24-19-20(22(29)27(21(19)28)17-4-2-1-3-5-17)26-16-10-6-14(7-11-16)23(30)31-18-12-8-15(25)9-13-18/h1-13,26H,25H2. The van der Waals surface area contributed by atoms with Crippen molar-refractivity contribution in [3.8, 4) is 5.75 Å². The maximum atomic E-state index is 12.8. The number of hydrogen-bond acceptors (Lipinski definition) is 6. The minimum atomic E-state index is -0.607. The van der Waals surface area contributed by atoms with Gasteiger partial charge in [-0.1, -0.05) is 29.8 Å². The number of carbonyl (C=O) groups is 3. The molecule has 3 aromatic rings. The quantitative estimate of drug-likeness (QED) is 0.273. The fourth-order valence-electron chi connectivity index (χ4n) is 2.96. The van der Waals surface area contributed by atoms with Crippen LogP contribution in [0.2, 0.25) is 0 Å². The Kier molecular flexibility index (Phi) is 5.43. The lowest BCUT2D eigenvalue weighted by molar-refractivity contribution is -0.120. The summed E-state index contributed by atoms with van der Waals surface area (Å²) in [6.45, 7) is 0. The smallest absolute Gasteiger partial charge is 0.343 e. The lowest BCUT2D eigenvalue weighted by Crippen LogP contribution is -2.32. The average molecular weight is 434 g/mol. The first-order chi connectivity index (χ1) is 14.9. The number of nitrogens with one attached hydrogen (secondary N) is 1. The van der Waals surface area contributed by atoms with Gasteiger partial charge in [0.1, 0.15) is 16.5 Å². The van der Waals surface area contributed by atoms with Crippen LogP contribution in [-0.2, 0) is 9.59 Å². The van der Waals surface area contributed by atoms with Crippen molar-refractivity contribution in [1.82, 2.24) is 0 Å². The Bertz CT molecular complexity index is 1190. The fourth-order valence-corrected chi connectivity index (χ4v) is 3.17. The largest absolute Gasteiger partial charge is 0.423 e. The highest BCUT2D eigenvalue weighted by molar-refractivity contribution is 6.53. The van der Waals surface area contributed by atoms with E-state index < -0.39 is 17.8 Å². The maximum Gasteiger partial charge on any atom is 0.343 e. The van der Waals surface area contributed by atoms with Gasteiger partial charge in [-0.3, -0.25) is 9.59 Å². The Morgan fingerprint density at radius 1 is 0.871 bits per heavy atom. The van der Waals surface area contributed by atoms with E-state index >= 15 is 0 Å². The van der Waals surface area contributed by atoms with E-state index in [1.165, 1.54) is 12.1 Å². The van der Waals surface area contributed by atoms with Crippen molar-refractivity contribution >= 4 is 46.4 Å². The van der Waals surface area contributed by atoms with Gasteiger partial charge in [0.05, 0.1) is 11.3 Å². The van der Waals surface area contributed by atoms with Gasteiger partial charge in [-0.25, -0.2) is 9.69 Å². The summed E-state index contributed by atoms with van der Waals surface area (Å²) in [5.74, 6) is -1.34. The number of ether oxygens (including phenoxy) is 1. The Hall–Kier alpha value is -4.10. The number of para-hydroxylation sites is 1. The van der Waals surface area contributed by atoms with Crippen LogP contribution in [0.25, 0.3) is 0 Å². The number of benzene rings is 3. The van der Waals surface area contributed by atoms with Gasteiger partial charge in [-0.2, -0.15) is 0 Å². The van der Waals surface area contributed by atoms with Crippen molar-refractivity contribution in [1.29, 1.82) is 0 Å². The second-order valence-electron chi connectivity index (χ2n) is 6.63. The molecule has 8 heteroatoms. The molecule has 2 amide bonds. The van der Waals surface area contributed by atoms with Gasteiger partial charge in [0.2, 0.25) is 0 Å². The third-order valence-electron chi connectivity index (χ3n) is 4.52. The molecule has 0 aromatic heterocycles. The molecule has 0 spiro atoms. The number of carbonyl (C=O) groups excluding carboxylic acids is 3. The van der Waals surface area contributed by atoms with Gasteiger partial charge in [-0.05, 0) is 60.7 Å². The number of nitrogens with two attached hydrogens (primary N) is 1. The molecular weight excluding hydrogens is 418 g/mol. The highest BCUT2D eigenvalue weighted by Crippen LogP contribution is 2.30. The molecule has 0 aliphatic carbocycles. The minimum Gasteiger partial charge on any atom is -0.423 e. The molecule has 4 rings (SSSR count). The van der Waals surface area contributed by atoms with E-state index in [0.717, 1.165) is 4.90 Å². The Morgan fingerprint density at radius 3 is 2.16 bits per heavy atom. The van der Waals surface area contributed by atoms with Crippen molar-refractivity contribution in [3.05, 3.63) is 95.2 Å². The van der Waals surface area contributed by atoms with Crippen LogP contribution in [0.1, 0.15) is 10.4 Å². The molecule has 0 radical (unpaired) electrons. The number of hydrogen-bond donors (Lipinski definition) is 2. The SMILES string of the molecule is Nc1ccc(OC(=O)c2ccc(NC3=C(Cl)C(=O)N(c4ccccc4)C3=O)cc2)cc1. The summed E-state index contributed by atoms with van der Waals surface area (Å²) >= 11 is 6.12. The third kappa shape index (κ3) is 4.12. The lowest BCUT2D eigenvalue weighted by Gasteiger charge is -2.14. The highest BCUT2D eigenvalue weighted by Gasteiger charge is 2.38. The first kappa shape index (κ1) is 20.2. The average Bonchev–Trinajstić information content (AvgIpc) is 2.99. The molecule has 3 N–H and O–H groups in total. The lowest BCUT2D eigenvalue weighted by atomic mass is 10.2. The Morgan fingerprint density at radius 2 is 1.52 bits per heavy atom. The molecular formula is C23H16ClN3O4. The van der Waals surface area contributed by atoms with Gasteiger partial charge in [0.25, 0.3) is 11.8 Å². The zero-order chi connectivity index (χ0) is 22.0. The summed E-state index contributed by atoms with van der Waals surface area (Å²) < 4.78 is 5.29. The predicted octanol–water partition coefficient (Wildman–Crippen LogP) is 3.92. The molecule has 7 nitrogen and oxygen atoms in total. The van der Waals surface area contributed by atoms with E-state index in [0.29, 0.717) is 28.4 Å². The summed E-state index contributed by atoms with van der Waals surface area (Å²) in [4.78, 5) is 38.5. The van der Waals surface area contributed by atoms with Crippen LogP contribution in [0.4, 0.5) is 17.1 Å². The van der Waals surface area contributed by atoms with E-state index in [1.54, 1.807) is 66.7 Å². The molecule has 154 valence electrons. The minimum absolute atomic E-state index is 0.0345. The van der Waals surface area contributed by atoms with Crippen LogP contribution in [-0.4, -0.2) is 17.8 Å². The normalized spacial score (nSPS) is 13.5. The van der Waals surface area contributed by atoms with Crippen molar-refractivity contribution in [2.24, 2.45) is 0 Å².